The molecule has 0 amide bonds. The highest BCUT2D eigenvalue weighted by atomic mass is 16.5. The zero-order chi connectivity index (χ0) is 17.7. The maximum Gasteiger partial charge on any atom is 0.137 e. The van der Waals surface area contributed by atoms with Crippen LogP contribution in [-0.4, -0.2) is 33.2 Å². The van der Waals surface area contributed by atoms with E-state index in [-0.39, 0.29) is 0 Å². The molecule has 0 aliphatic rings. The first kappa shape index (κ1) is 18.0. The Morgan fingerprint density at radius 2 is 1.71 bits per heavy atom. The molecule has 0 aliphatic carbocycles. The molecule has 0 aliphatic heterocycles. The van der Waals surface area contributed by atoms with Gasteiger partial charge in [0.25, 0.3) is 0 Å². The Morgan fingerprint density at radius 3 is 2.29 bits per heavy atom. The first-order chi connectivity index (χ1) is 11.3. The number of benzene rings is 2. The zero-order valence-electron chi connectivity index (χ0n) is 14.8. The number of ether oxygens (including phenoxy) is 1. The van der Waals surface area contributed by atoms with E-state index in [9.17, 15) is 9.90 Å². The normalized spacial score (nSPS) is 11.5. The standard InChI is InChI=1S/C20H25NO3/c1-20(2,19(22)23)18-8-6-5-7-17(18)15-9-11-16(12-10-15)24-14-13-21(3)4/h5-12H,13-14H2,1-4H3,(H,22,23). The van der Waals surface area contributed by atoms with Gasteiger partial charge in [-0.3, -0.25) is 0 Å². The first-order valence-corrected chi connectivity index (χ1v) is 8.15. The summed E-state index contributed by atoms with van der Waals surface area (Å²) in [6, 6.07) is 15.3. The van der Waals surface area contributed by atoms with Crippen LogP contribution in [0.5, 0.6) is 5.75 Å². The van der Waals surface area contributed by atoms with Gasteiger partial charge < -0.3 is 19.5 Å². The minimum absolute atomic E-state index is 0.663. The van der Waals surface area contributed by atoms with E-state index in [1.165, 1.54) is 4.90 Å². The molecule has 0 spiro atoms. The Kier molecular flexibility index (Phi) is 5.62. The van der Waals surface area contributed by atoms with E-state index >= 15 is 0 Å². The predicted octanol–water partition coefficient (Wildman–Crippen LogP) is 0.904. The minimum Gasteiger partial charge on any atom is -0.549 e. The smallest absolute Gasteiger partial charge is 0.137 e. The van der Waals surface area contributed by atoms with Gasteiger partial charge in [-0.25, -0.2) is 0 Å². The van der Waals surface area contributed by atoms with Crippen LogP contribution in [0.3, 0.4) is 0 Å². The highest BCUT2D eigenvalue weighted by Gasteiger charge is 2.25. The number of carboxylic acids is 1. The lowest BCUT2D eigenvalue weighted by molar-refractivity contribution is -0.858. The van der Waals surface area contributed by atoms with E-state index in [1.807, 2.05) is 48.5 Å². The second kappa shape index (κ2) is 7.49. The van der Waals surface area contributed by atoms with Crippen LogP contribution in [0.15, 0.2) is 48.5 Å². The summed E-state index contributed by atoms with van der Waals surface area (Å²) in [5.74, 6) is -0.266. The van der Waals surface area contributed by atoms with E-state index in [0.29, 0.717) is 6.61 Å². The van der Waals surface area contributed by atoms with E-state index in [1.54, 1.807) is 13.8 Å². The summed E-state index contributed by atoms with van der Waals surface area (Å²) in [6.07, 6.45) is 0. The molecule has 2 aromatic rings. The van der Waals surface area contributed by atoms with Crippen molar-refractivity contribution < 1.29 is 19.5 Å². The molecule has 0 aromatic heterocycles. The Morgan fingerprint density at radius 1 is 1.08 bits per heavy atom. The van der Waals surface area contributed by atoms with Gasteiger partial charge in [-0.15, -0.1) is 0 Å². The average Bonchev–Trinajstić information content (AvgIpc) is 2.55. The lowest BCUT2D eigenvalue weighted by Gasteiger charge is -2.29. The van der Waals surface area contributed by atoms with Crippen molar-refractivity contribution in [3.05, 3.63) is 54.1 Å². The van der Waals surface area contributed by atoms with Gasteiger partial charge in [0.15, 0.2) is 0 Å². The quantitative estimate of drug-likeness (QED) is 0.822. The molecule has 24 heavy (non-hydrogen) atoms. The van der Waals surface area contributed by atoms with Gasteiger partial charge >= 0.3 is 0 Å². The fourth-order valence-electron chi connectivity index (χ4n) is 2.49. The second-order valence-electron chi connectivity index (χ2n) is 6.79. The van der Waals surface area contributed by atoms with Crippen LogP contribution in [0.1, 0.15) is 19.4 Å². The third kappa shape index (κ3) is 4.15. The molecule has 2 aromatic carbocycles. The topological polar surface area (TPSA) is 53.8 Å². The first-order valence-electron chi connectivity index (χ1n) is 8.15. The molecule has 0 saturated heterocycles. The Labute approximate surface area is 143 Å². The molecule has 4 nitrogen and oxygen atoms in total. The number of hydrogen-bond donors (Lipinski definition) is 1. The van der Waals surface area contributed by atoms with Gasteiger partial charge in [0.2, 0.25) is 0 Å². The van der Waals surface area contributed by atoms with Crippen molar-refractivity contribution in [1.29, 1.82) is 0 Å². The van der Waals surface area contributed by atoms with Crippen molar-refractivity contribution in [2.24, 2.45) is 0 Å². The van der Waals surface area contributed by atoms with Crippen LogP contribution in [0.2, 0.25) is 0 Å². The minimum atomic E-state index is -1.08. The molecule has 0 atom stereocenters. The van der Waals surface area contributed by atoms with E-state index in [0.717, 1.165) is 29.0 Å². The maximum atomic E-state index is 11.5. The van der Waals surface area contributed by atoms with Crippen LogP contribution in [-0.2, 0) is 10.2 Å². The van der Waals surface area contributed by atoms with Crippen LogP contribution in [0.25, 0.3) is 11.1 Å². The summed E-state index contributed by atoms with van der Waals surface area (Å²) in [6.45, 7) is 4.94. The van der Waals surface area contributed by atoms with E-state index in [2.05, 4.69) is 14.1 Å². The lowest BCUT2D eigenvalue weighted by Crippen LogP contribution is -3.06. The van der Waals surface area contributed by atoms with Gasteiger partial charge in [0.1, 0.15) is 18.9 Å². The van der Waals surface area contributed by atoms with Crippen LogP contribution in [0, 0.1) is 0 Å². The average molecular weight is 327 g/mol. The summed E-state index contributed by atoms with van der Waals surface area (Å²) >= 11 is 0. The number of rotatable bonds is 7. The number of carboxylic acid groups (broad SMARTS) is 1. The van der Waals surface area contributed by atoms with E-state index < -0.39 is 11.4 Å². The molecule has 2 rings (SSSR count). The molecule has 0 fully saturated rings. The summed E-state index contributed by atoms with van der Waals surface area (Å²) in [5, 5.41) is 11.5. The molecule has 4 heteroatoms. The number of hydrogen-bond acceptors (Lipinski definition) is 3. The molecule has 0 saturated carbocycles. The van der Waals surface area contributed by atoms with Crippen LogP contribution < -0.4 is 14.7 Å². The molecule has 1 N–H and O–H groups in total. The number of nitrogens with one attached hydrogen (secondary N) is 1. The molecular weight excluding hydrogens is 302 g/mol. The summed E-state index contributed by atoms with van der Waals surface area (Å²) < 4.78 is 5.72. The molecular formula is C20H25NO3. The molecule has 0 bridgehead atoms. The number of carbonyl (C=O) groups is 1. The van der Waals surface area contributed by atoms with Gasteiger partial charge in [0.05, 0.1) is 20.1 Å². The van der Waals surface area contributed by atoms with Gasteiger partial charge in [0, 0.05) is 5.41 Å². The Hall–Kier alpha value is -2.33. The SMILES string of the molecule is C[NH+](C)CCOc1ccc(-c2ccccc2C(C)(C)C(=O)[O-])cc1. The molecule has 128 valence electrons. The van der Waals surface area contributed by atoms with Crippen molar-refractivity contribution >= 4 is 5.97 Å². The highest BCUT2D eigenvalue weighted by molar-refractivity contribution is 5.83. The van der Waals surface area contributed by atoms with Gasteiger partial charge in [-0.05, 0) is 28.8 Å². The van der Waals surface area contributed by atoms with Crippen LogP contribution in [0.4, 0.5) is 0 Å². The maximum absolute atomic E-state index is 11.5. The van der Waals surface area contributed by atoms with Crippen molar-refractivity contribution in [3.8, 4) is 16.9 Å². The monoisotopic (exact) mass is 327 g/mol. The predicted molar refractivity (Wildman–Crippen MR) is 93.1 cm³/mol. The summed E-state index contributed by atoms with van der Waals surface area (Å²) in [7, 11) is 4.17. The fourth-order valence-corrected chi connectivity index (χ4v) is 2.49. The molecule has 0 heterocycles. The molecule has 0 unspecified atom stereocenters. The summed E-state index contributed by atoms with van der Waals surface area (Å²) in [4.78, 5) is 12.8. The Bertz CT molecular complexity index is 690. The third-order valence-corrected chi connectivity index (χ3v) is 4.15. The number of aliphatic carboxylic acids is 1. The second-order valence-corrected chi connectivity index (χ2v) is 6.79. The third-order valence-electron chi connectivity index (χ3n) is 4.15. The van der Waals surface area contributed by atoms with E-state index in [4.69, 9.17) is 4.74 Å². The lowest BCUT2D eigenvalue weighted by atomic mass is 9.80. The Balaban J connectivity index is 2.25. The summed E-state index contributed by atoms with van der Waals surface area (Å²) in [5.41, 5.74) is 1.55. The number of carbonyl (C=O) groups excluding carboxylic acids is 1. The van der Waals surface area contributed by atoms with Gasteiger partial charge in [-0.2, -0.15) is 0 Å². The highest BCUT2D eigenvalue weighted by Crippen LogP contribution is 2.33. The molecule has 0 radical (unpaired) electrons. The number of likely N-dealkylation sites (N-methyl/N-ethyl adjacent to an activating group) is 1. The van der Waals surface area contributed by atoms with Crippen molar-refractivity contribution in [3.63, 3.8) is 0 Å². The van der Waals surface area contributed by atoms with Crippen molar-refractivity contribution in [1.82, 2.24) is 0 Å². The van der Waals surface area contributed by atoms with Crippen molar-refractivity contribution in [2.75, 3.05) is 27.2 Å². The number of quaternary nitrogens is 1. The largest absolute Gasteiger partial charge is 0.549 e. The fraction of sp³-hybridized carbons (Fsp3) is 0.350. The van der Waals surface area contributed by atoms with Crippen molar-refractivity contribution in [2.45, 2.75) is 19.3 Å². The van der Waals surface area contributed by atoms with Gasteiger partial charge in [-0.1, -0.05) is 50.2 Å². The van der Waals surface area contributed by atoms with Crippen LogP contribution >= 0.6 is 0 Å². The zero-order valence-corrected chi connectivity index (χ0v) is 14.8.